The molecule has 0 radical (unpaired) electrons. The van der Waals surface area contributed by atoms with Crippen molar-refractivity contribution < 1.29 is 5.11 Å². The number of benzene rings is 2. The Balaban J connectivity index is 2.04. The quantitative estimate of drug-likeness (QED) is 0.778. The summed E-state index contributed by atoms with van der Waals surface area (Å²) in [4.78, 5) is 0. The van der Waals surface area contributed by atoms with Gasteiger partial charge in [0.15, 0.2) is 0 Å². The van der Waals surface area contributed by atoms with Crippen molar-refractivity contribution in [1.29, 1.82) is 0 Å². The van der Waals surface area contributed by atoms with Crippen LogP contribution in [-0.4, -0.2) is 17.3 Å². The Hall–Kier alpha value is -1.64. The van der Waals surface area contributed by atoms with Crippen LogP contribution in [0.3, 0.4) is 0 Å². The Kier molecular flexibility index (Phi) is 5.16. The van der Waals surface area contributed by atoms with Gasteiger partial charge in [0.25, 0.3) is 0 Å². The van der Waals surface area contributed by atoms with Gasteiger partial charge in [-0.25, -0.2) is 0 Å². The van der Waals surface area contributed by atoms with E-state index in [1.165, 1.54) is 16.3 Å². The van der Waals surface area contributed by atoms with Crippen LogP contribution in [0.15, 0.2) is 54.6 Å². The second-order valence-electron chi connectivity index (χ2n) is 5.81. The first-order valence-electron chi connectivity index (χ1n) is 7.64. The van der Waals surface area contributed by atoms with Gasteiger partial charge in [0, 0.05) is 12.6 Å². The van der Waals surface area contributed by atoms with Crippen LogP contribution in [0.1, 0.15) is 38.8 Å². The molecule has 0 aliphatic heterocycles. The third-order valence-electron chi connectivity index (χ3n) is 4.02. The van der Waals surface area contributed by atoms with Gasteiger partial charge in [-0.3, -0.25) is 0 Å². The fourth-order valence-corrected chi connectivity index (χ4v) is 2.41. The zero-order chi connectivity index (χ0) is 15.3. The monoisotopic (exact) mass is 283 g/mol. The van der Waals surface area contributed by atoms with Crippen molar-refractivity contribution in [2.24, 2.45) is 0 Å². The molecule has 2 aromatic carbocycles. The van der Waals surface area contributed by atoms with E-state index in [2.05, 4.69) is 54.7 Å². The molecule has 1 unspecified atom stereocenters. The predicted octanol–water partition coefficient (Wildman–Crippen LogP) is 4.21. The maximum Gasteiger partial charge on any atom is 0.0797 e. The second-order valence-corrected chi connectivity index (χ2v) is 5.81. The minimum atomic E-state index is -0.704. The molecule has 21 heavy (non-hydrogen) atoms. The molecule has 0 spiro atoms. The Morgan fingerprint density at radius 1 is 1.19 bits per heavy atom. The van der Waals surface area contributed by atoms with E-state index in [1.54, 1.807) is 0 Å². The van der Waals surface area contributed by atoms with E-state index in [-0.39, 0.29) is 6.04 Å². The largest absolute Gasteiger partial charge is 0.386 e. The van der Waals surface area contributed by atoms with Crippen LogP contribution in [0.4, 0.5) is 0 Å². The molecule has 2 heteroatoms. The molecule has 2 N–H and O–H groups in total. The molecular weight excluding hydrogens is 258 g/mol. The normalized spacial score (nSPS) is 16.2. The minimum Gasteiger partial charge on any atom is -0.386 e. The van der Waals surface area contributed by atoms with Gasteiger partial charge in [-0.1, -0.05) is 61.5 Å². The van der Waals surface area contributed by atoms with Crippen LogP contribution in [0.5, 0.6) is 0 Å². The van der Waals surface area contributed by atoms with E-state index >= 15 is 0 Å². The third kappa shape index (κ3) is 4.16. The van der Waals surface area contributed by atoms with Crippen LogP contribution in [0, 0.1) is 0 Å². The molecule has 2 rings (SSSR count). The summed E-state index contributed by atoms with van der Waals surface area (Å²) < 4.78 is 0. The number of aliphatic hydroxyl groups is 1. The molecule has 0 heterocycles. The van der Waals surface area contributed by atoms with Gasteiger partial charge in [-0.05, 0) is 36.6 Å². The van der Waals surface area contributed by atoms with Crippen LogP contribution in [0.25, 0.3) is 10.8 Å². The SMILES string of the molecule is CCC(C)(O)/C=C/CN[C@H](C)c1cccc2ccccc12. The number of fused-ring (bicyclic) bond motifs is 1. The number of rotatable bonds is 6. The van der Waals surface area contributed by atoms with Gasteiger partial charge in [-0.2, -0.15) is 0 Å². The fourth-order valence-electron chi connectivity index (χ4n) is 2.41. The summed E-state index contributed by atoms with van der Waals surface area (Å²) in [5.74, 6) is 0. The highest BCUT2D eigenvalue weighted by molar-refractivity contribution is 5.86. The Labute approximate surface area is 127 Å². The molecule has 0 amide bonds. The maximum atomic E-state index is 9.93. The first kappa shape index (κ1) is 15.7. The molecule has 0 aromatic heterocycles. The molecular formula is C19H25NO. The summed E-state index contributed by atoms with van der Waals surface area (Å²) in [6, 6.07) is 15.2. The van der Waals surface area contributed by atoms with Crippen molar-refractivity contribution >= 4 is 10.8 Å². The lowest BCUT2D eigenvalue weighted by molar-refractivity contribution is 0.107. The van der Waals surface area contributed by atoms with Gasteiger partial charge < -0.3 is 10.4 Å². The van der Waals surface area contributed by atoms with Crippen LogP contribution >= 0.6 is 0 Å². The van der Waals surface area contributed by atoms with Crippen molar-refractivity contribution in [3.63, 3.8) is 0 Å². The lowest BCUT2D eigenvalue weighted by Gasteiger charge is -2.17. The van der Waals surface area contributed by atoms with Crippen molar-refractivity contribution in [1.82, 2.24) is 5.32 Å². The summed E-state index contributed by atoms with van der Waals surface area (Å²) in [6.45, 7) is 6.74. The van der Waals surface area contributed by atoms with Crippen molar-refractivity contribution in [2.45, 2.75) is 38.8 Å². The third-order valence-corrected chi connectivity index (χ3v) is 4.02. The number of hydrogen-bond acceptors (Lipinski definition) is 2. The molecule has 0 saturated heterocycles. The van der Waals surface area contributed by atoms with Gasteiger partial charge >= 0.3 is 0 Å². The number of nitrogens with one attached hydrogen (secondary N) is 1. The molecule has 2 aromatic rings. The smallest absolute Gasteiger partial charge is 0.0797 e. The fraction of sp³-hybridized carbons (Fsp3) is 0.368. The average molecular weight is 283 g/mol. The molecule has 0 saturated carbocycles. The van der Waals surface area contributed by atoms with E-state index in [0.29, 0.717) is 0 Å². The zero-order valence-corrected chi connectivity index (χ0v) is 13.1. The van der Waals surface area contributed by atoms with Crippen LogP contribution in [-0.2, 0) is 0 Å². The highest BCUT2D eigenvalue weighted by atomic mass is 16.3. The van der Waals surface area contributed by atoms with Crippen molar-refractivity contribution in [3.05, 3.63) is 60.2 Å². The summed E-state index contributed by atoms with van der Waals surface area (Å²) in [6.07, 6.45) is 4.60. The summed E-state index contributed by atoms with van der Waals surface area (Å²) in [5.41, 5.74) is 0.605. The van der Waals surface area contributed by atoms with Gasteiger partial charge in [0.2, 0.25) is 0 Å². The molecule has 0 fully saturated rings. The highest BCUT2D eigenvalue weighted by Crippen LogP contribution is 2.23. The minimum absolute atomic E-state index is 0.271. The molecule has 0 aliphatic carbocycles. The maximum absolute atomic E-state index is 9.93. The Morgan fingerprint density at radius 2 is 1.90 bits per heavy atom. The average Bonchev–Trinajstić information content (AvgIpc) is 2.51. The number of hydrogen-bond donors (Lipinski definition) is 2. The van der Waals surface area contributed by atoms with Gasteiger partial charge in [-0.15, -0.1) is 0 Å². The summed E-state index contributed by atoms with van der Waals surface area (Å²) in [7, 11) is 0. The van der Waals surface area contributed by atoms with Crippen LogP contribution in [0.2, 0.25) is 0 Å². The molecule has 0 aliphatic rings. The van der Waals surface area contributed by atoms with E-state index in [4.69, 9.17) is 0 Å². The van der Waals surface area contributed by atoms with E-state index < -0.39 is 5.60 Å². The standard InChI is InChI=1S/C19H25NO/c1-4-19(3,21)13-8-14-20-15(2)17-12-7-10-16-9-5-6-11-18(16)17/h5-13,15,20-21H,4,14H2,1-3H3/b13-8+/t15-,19?/m1/s1. The Bertz CT molecular complexity index is 610. The van der Waals surface area contributed by atoms with Crippen LogP contribution < -0.4 is 5.32 Å². The Morgan fingerprint density at radius 3 is 2.67 bits per heavy atom. The van der Waals surface area contributed by atoms with E-state index in [1.807, 2.05) is 26.0 Å². The van der Waals surface area contributed by atoms with Crippen molar-refractivity contribution in [2.75, 3.05) is 6.54 Å². The van der Waals surface area contributed by atoms with Gasteiger partial charge in [0.05, 0.1) is 5.60 Å². The zero-order valence-electron chi connectivity index (χ0n) is 13.1. The second kappa shape index (κ2) is 6.88. The molecule has 112 valence electrons. The summed E-state index contributed by atoms with van der Waals surface area (Å²) >= 11 is 0. The van der Waals surface area contributed by atoms with E-state index in [9.17, 15) is 5.11 Å². The first-order valence-corrected chi connectivity index (χ1v) is 7.64. The van der Waals surface area contributed by atoms with Gasteiger partial charge in [0.1, 0.15) is 0 Å². The predicted molar refractivity (Wildman–Crippen MR) is 90.4 cm³/mol. The topological polar surface area (TPSA) is 32.3 Å². The molecule has 2 nitrogen and oxygen atoms in total. The lowest BCUT2D eigenvalue weighted by atomic mass is 9.99. The lowest BCUT2D eigenvalue weighted by Crippen LogP contribution is -2.22. The highest BCUT2D eigenvalue weighted by Gasteiger charge is 2.12. The molecule has 0 bridgehead atoms. The van der Waals surface area contributed by atoms with E-state index in [0.717, 1.165) is 13.0 Å². The summed E-state index contributed by atoms with van der Waals surface area (Å²) in [5, 5.41) is 16.0. The first-order chi connectivity index (χ1) is 10.0. The molecule has 2 atom stereocenters. The van der Waals surface area contributed by atoms with Crippen molar-refractivity contribution in [3.8, 4) is 0 Å².